The highest BCUT2D eigenvalue weighted by Gasteiger charge is 2.40. The number of hydrogen-bond acceptors (Lipinski definition) is 2. The highest BCUT2D eigenvalue weighted by molar-refractivity contribution is 6.10. The van der Waals surface area contributed by atoms with Crippen molar-refractivity contribution in [3.63, 3.8) is 0 Å². The molecule has 1 aliphatic heterocycles. The third-order valence-corrected chi connectivity index (χ3v) is 12.4. The largest absolute Gasteiger partial charge is 0.503 e. The summed E-state index contributed by atoms with van der Waals surface area (Å²) in [5.74, 6) is 2.08. The Balaban J connectivity index is 1.14. The molecule has 0 spiro atoms. The van der Waals surface area contributed by atoms with Gasteiger partial charge in [-0.3, -0.25) is 4.57 Å². The molecular formula is C60H56N4O+2. The van der Waals surface area contributed by atoms with Gasteiger partial charge in [0.15, 0.2) is 0 Å². The van der Waals surface area contributed by atoms with E-state index in [1.807, 2.05) is 69.9 Å². The van der Waals surface area contributed by atoms with Gasteiger partial charge >= 0.3 is 11.7 Å². The number of benzene rings is 7. The number of hydrogen-bond donors (Lipinski definition) is 0. The van der Waals surface area contributed by atoms with Crippen LogP contribution in [0.4, 0.5) is 22.7 Å². The maximum atomic E-state index is 9.06. The molecule has 9 aromatic rings. The number of rotatable bonds is 7. The quantitative estimate of drug-likeness (QED) is 0.150. The second-order valence-corrected chi connectivity index (χ2v) is 20.1. The lowest BCUT2D eigenvalue weighted by Gasteiger charge is -2.24. The molecule has 0 unspecified atom stereocenters. The molecule has 0 radical (unpaired) electrons. The van der Waals surface area contributed by atoms with Crippen molar-refractivity contribution >= 4 is 50.6 Å². The van der Waals surface area contributed by atoms with Crippen molar-refractivity contribution in [1.29, 1.82) is 0 Å². The van der Waals surface area contributed by atoms with Crippen LogP contribution in [0.5, 0.6) is 11.5 Å². The van der Waals surface area contributed by atoms with Crippen molar-refractivity contribution in [1.82, 2.24) is 18.7 Å². The van der Waals surface area contributed by atoms with Crippen molar-refractivity contribution in [2.75, 3.05) is 0 Å². The molecule has 320 valence electrons. The van der Waals surface area contributed by atoms with Gasteiger partial charge in [0.05, 0.1) is 29.5 Å². The minimum Gasteiger partial charge on any atom is -0.457 e. The van der Waals surface area contributed by atoms with E-state index in [2.05, 4.69) is 158 Å². The molecule has 1 aliphatic rings. The Morgan fingerprint density at radius 1 is 0.523 bits per heavy atom. The molecule has 0 fully saturated rings. The molecule has 0 bridgehead atoms. The summed E-state index contributed by atoms with van der Waals surface area (Å²) in [6.45, 7) is 19.8. The summed E-state index contributed by atoms with van der Waals surface area (Å²) in [5, 5.41) is 2.19. The van der Waals surface area contributed by atoms with Crippen LogP contribution in [-0.4, -0.2) is 15.6 Å². The summed E-state index contributed by atoms with van der Waals surface area (Å²) < 4.78 is 56.7. The molecule has 7 aromatic carbocycles. The molecule has 0 saturated carbocycles. The number of nitrogens with zero attached hydrogens (tertiary/aromatic N) is 4. The van der Waals surface area contributed by atoms with Crippen LogP contribution in [0, 0.1) is 0 Å². The summed E-state index contributed by atoms with van der Waals surface area (Å²) in [5.41, 5.74) is 10.9. The zero-order chi connectivity index (χ0) is 49.6. The van der Waals surface area contributed by atoms with Gasteiger partial charge in [-0.25, -0.2) is 4.98 Å². The standard InChI is InChI=1S/C60H56N4O/c1-58(2,3)43-30-31-61-56(36-43)64-53-29-26-42(40-18-12-10-13-19-40)32-52(53)51-28-27-49(38-55(51)64)65-48-23-16-22-46(37-48)62-39-63(47-34-44(59(4,5)6)33-45(35-47)60(7,8)9)57-50(24-17-25-54(57)62)41-20-14-11-15-21-41/h10-38H,1-9H3/q+2/i11D,14D,15D,20D,21D. The van der Waals surface area contributed by atoms with E-state index in [0.29, 0.717) is 22.7 Å². The number of fused-ring (bicyclic) bond motifs is 4. The number of para-hydroxylation sites is 1. The van der Waals surface area contributed by atoms with Crippen molar-refractivity contribution in [2.45, 2.75) is 78.6 Å². The number of pyridine rings is 1. The summed E-state index contributed by atoms with van der Waals surface area (Å²) in [6, 6.07) is 49.6. The van der Waals surface area contributed by atoms with Crippen LogP contribution in [0.25, 0.3) is 49.9 Å². The summed E-state index contributed by atoms with van der Waals surface area (Å²) in [4.78, 5) is 4.93. The monoisotopic (exact) mass is 853 g/mol. The van der Waals surface area contributed by atoms with Crippen LogP contribution in [0.2, 0.25) is 0 Å². The Morgan fingerprint density at radius 3 is 1.95 bits per heavy atom. The smallest absolute Gasteiger partial charge is 0.457 e. The van der Waals surface area contributed by atoms with Crippen LogP contribution in [0.15, 0.2) is 176 Å². The minimum atomic E-state index is -0.434. The van der Waals surface area contributed by atoms with Gasteiger partial charge in [0.2, 0.25) is 11.4 Å². The molecule has 0 N–H and O–H groups in total. The predicted octanol–water partition coefficient (Wildman–Crippen LogP) is 16.1. The van der Waals surface area contributed by atoms with Gasteiger partial charge in [-0.05, 0) is 107 Å². The van der Waals surface area contributed by atoms with Crippen LogP contribution >= 0.6 is 0 Å². The molecular weight excluding hydrogens is 793 g/mol. The maximum absolute atomic E-state index is 9.06. The maximum Gasteiger partial charge on any atom is 0.503 e. The van der Waals surface area contributed by atoms with E-state index in [1.54, 1.807) is 0 Å². The SMILES string of the molecule is [2H]c1c([2H])c([2H])c(-c2cccc3c2[N+](c2cc(C(C)(C)C)cc(C(C)(C)C)c2)=C=[N+]3c2cccc(Oc3ccc4c5cc(-c6ccccc6)ccc5n(-c5cc(C(C)(C)C)ccn5)c4c3)c2)c([2H])c1[2H]. The first kappa shape index (κ1) is 36.1. The molecule has 0 atom stereocenters. The van der Waals surface area contributed by atoms with Gasteiger partial charge in [0.25, 0.3) is 5.69 Å². The Labute approximate surface area is 390 Å². The fraction of sp³-hybridized carbons (Fsp3) is 0.200. The van der Waals surface area contributed by atoms with Crippen molar-refractivity contribution in [2.24, 2.45) is 0 Å². The molecule has 5 nitrogen and oxygen atoms in total. The molecule has 10 rings (SSSR count). The van der Waals surface area contributed by atoms with E-state index in [1.165, 1.54) is 5.56 Å². The molecule has 5 heteroatoms. The predicted molar refractivity (Wildman–Crippen MR) is 273 cm³/mol. The van der Waals surface area contributed by atoms with Crippen LogP contribution < -0.4 is 13.9 Å². The average Bonchev–Trinajstić information content (AvgIpc) is 3.88. The van der Waals surface area contributed by atoms with Gasteiger partial charge in [-0.2, -0.15) is 0 Å². The van der Waals surface area contributed by atoms with Gasteiger partial charge in [0, 0.05) is 47.3 Å². The normalized spacial score (nSPS) is 14.0. The fourth-order valence-corrected chi connectivity index (χ4v) is 8.68. The lowest BCUT2D eigenvalue weighted by molar-refractivity contribution is 0.483. The van der Waals surface area contributed by atoms with E-state index in [4.69, 9.17) is 16.6 Å². The lowest BCUT2D eigenvalue weighted by Crippen LogP contribution is -2.17. The second kappa shape index (κ2) is 15.7. The van der Waals surface area contributed by atoms with Crippen molar-refractivity contribution in [3.05, 3.63) is 193 Å². The molecule has 0 saturated heterocycles. The summed E-state index contributed by atoms with van der Waals surface area (Å²) in [6.07, 6.45) is 1.89. The highest BCUT2D eigenvalue weighted by atomic mass is 16.5. The number of ether oxygens (including phenoxy) is 1. The molecule has 2 aromatic heterocycles. The van der Waals surface area contributed by atoms with Gasteiger partial charge in [-0.1, -0.05) is 147 Å². The van der Waals surface area contributed by atoms with Crippen LogP contribution in [0.3, 0.4) is 0 Å². The zero-order valence-electron chi connectivity index (χ0n) is 43.6. The van der Waals surface area contributed by atoms with E-state index in [0.717, 1.165) is 66.9 Å². The summed E-state index contributed by atoms with van der Waals surface area (Å²) >= 11 is 0. The first-order valence-electron chi connectivity index (χ1n) is 24.8. The first-order valence-corrected chi connectivity index (χ1v) is 22.3. The van der Waals surface area contributed by atoms with Crippen molar-refractivity contribution in [3.8, 4) is 39.6 Å². The number of aromatic nitrogens is 2. The van der Waals surface area contributed by atoms with E-state index < -0.39 is 6.04 Å². The van der Waals surface area contributed by atoms with E-state index in [9.17, 15) is 0 Å². The Hall–Kier alpha value is -7.33. The van der Waals surface area contributed by atoms with E-state index >= 15 is 0 Å². The average molecular weight is 854 g/mol. The van der Waals surface area contributed by atoms with E-state index in [-0.39, 0.29) is 46.0 Å². The van der Waals surface area contributed by atoms with Crippen LogP contribution in [0.1, 0.15) is 85.9 Å². The topological polar surface area (TPSA) is 33.1 Å². The third-order valence-electron chi connectivity index (χ3n) is 12.4. The minimum absolute atomic E-state index is 0.0781. The highest BCUT2D eigenvalue weighted by Crippen LogP contribution is 2.45. The van der Waals surface area contributed by atoms with Crippen LogP contribution in [-0.2, 0) is 16.2 Å². The fourth-order valence-electron chi connectivity index (χ4n) is 8.68. The third kappa shape index (κ3) is 7.87. The summed E-state index contributed by atoms with van der Waals surface area (Å²) in [7, 11) is 0. The Morgan fingerprint density at radius 2 is 1.23 bits per heavy atom. The second-order valence-electron chi connectivity index (χ2n) is 20.1. The van der Waals surface area contributed by atoms with Gasteiger partial charge < -0.3 is 4.74 Å². The molecule has 3 heterocycles. The molecule has 0 amide bonds. The first-order chi connectivity index (χ1) is 33.2. The molecule has 0 aliphatic carbocycles. The zero-order valence-corrected chi connectivity index (χ0v) is 38.6. The molecule has 65 heavy (non-hydrogen) atoms. The lowest BCUT2D eigenvalue weighted by atomic mass is 9.80. The van der Waals surface area contributed by atoms with Gasteiger partial charge in [-0.15, -0.1) is 0 Å². The Kier molecular flexibility index (Phi) is 8.72. The Bertz CT molecular complexity index is 3620. The van der Waals surface area contributed by atoms with Crippen molar-refractivity contribution < 1.29 is 11.6 Å². The van der Waals surface area contributed by atoms with Gasteiger partial charge in [0.1, 0.15) is 17.3 Å².